The van der Waals surface area contributed by atoms with E-state index in [9.17, 15) is 4.79 Å². The highest BCUT2D eigenvalue weighted by molar-refractivity contribution is 5.88. The molecular formula is C15H24O2. The Morgan fingerprint density at radius 1 is 1.18 bits per heavy atom. The number of carbonyl (C=O) groups is 1. The number of hydrogen-bond acceptors (Lipinski definition) is 2. The van der Waals surface area contributed by atoms with Crippen LogP contribution in [0.15, 0.2) is 12.2 Å². The first-order valence-corrected chi connectivity index (χ1v) is 6.61. The minimum absolute atomic E-state index is 0.398. The molecule has 0 saturated heterocycles. The molecule has 0 unspecified atom stereocenters. The maximum atomic E-state index is 11.1. The molecule has 0 saturated carbocycles. The van der Waals surface area contributed by atoms with Crippen molar-refractivity contribution < 1.29 is 9.53 Å². The Morgan fingerprint density at radius 2 is 2.00 bits per heavy atom. The second-order valence-corrected chi connectivity index (χ2v) is 3.92. The van der Waals surface area contributed by atoms with Gasteiger partial charge in [0.05, 0.1) is 6.61 Å². The third-order valence-electron chi connectivity index (χ3n) is 2.27. The first-order chi connectivity index (χ1) is 8.31. The molecule has 0 aromatic heterocycles. The number of hydrogen-bond donors (Lipinski definition) is 0. The topological polar surface area (TPSA) is 26.3 Å². The Bertz CT molecular complexity index is 268. The van der Waals surface area contributed by atoms with Crippen LogP contribution in [0.25, 0.3) is 0 Å². The van der Waals surface area contributed by atoms with Crippen molar-refractivity contribution in [1.82, 2.24) is 0 Å². The quantitative estimate of drug-likeness (QED) is 0.210. The minimum Gasteiger partial charge on any atom is -0.456 e. The van der Waals surface area contributed by atoms with Crippen molar-refractivity contribution >= 4 is 5.97 Å². The molecule has 0 amide bonds. The van der Waals surface area contributed by atoms with Crippen molar-refractivity contribution in [2.45, 2.75) is 58.8 Å². The van der Waals surface area contributed by atoms with E-state index in [4.69, 9.17) is 4.74 Å². The van der Waals surface area contributed by atoms with Crippen LogP contribution in [-0.2, 0) is 9.53 Å². The first kappa shape index (κ1) is 15.8. The van der Waals surface area contributed by atoms with E-state index in [1.165, 1.54) is 19.3 Å². The van der Waals surface area contributed by atoms with Gasteiger partial charge in [0, 0.05) is 12.3 Å². The van der Waals surface area contributed by atoms with Crippen molar-refractivity contribution in [2.24, 2.45) is 0 Å². The molecule has 0 radical (unpaired) electrons. The molecule has 0 atom stereocenters. The number of carbonyl (C=O) groups excluding carboxylic acids is 1. The molecule has 0 N–H and O–H groups in total. The number of rotatable bonds is 8. The van der Waals surface area contributed by atoms with Crippen molar-refractivity contribution in [2.75, 3.05) is 6.61 Å². The Hall–Kier alpha value is -1.23. The fraction of sp³-hybridized carbons (Fsp3) is 0.667. The molecule has 0 aliphatic rings. The molecule has 2 heteroatoms. The lowest BCUT2D eigenvalue weighted by Gasteiger charge is -1.96. The zero-order chi connectivity index (χ0) is 12.8. The first-order valence-electron chi connectivity index (χ1n) is 6.61. The molecule has 0 fully saturated rings. The molecule has 0 aliphatic carbocycles. The van der Waals surface area contributed by atoms with E-state index in [-0.39, 0.29) is 0 Å². The maximum Gasteiger partial charge on any atom is 0.384 e. The summed E-state index contributed by atoms with van der Waals surface area (Å²) in [6, 6.07) is 0. The molecule has 0 bridgehead atoms. The van der Waals surface area contributed by atoms with Crippen LogP contribution >= 0.6 is 0 Å². The van der Waals surface area contributed by atoms with Crippen LogP contribution in [0, 0.1) is 11.8 Å². The Balaban J connectivity index is 3.44. The highest BCUT2D eigenvalue weighted by Gasteiger charge is 1.94. The molecule has 0 aromatic rings. The SMILES string of the molecule is CCC=CCCOC(=O)C#CCCCCCC. The second-order valence-electron chi connectivity index (χ2n) is 3.92. The zero-order valence-electron chi connectivity index (χ0n) is 11.1. The summed E-state index contributed by atoms with van der Waals surface area (Å²) in [6.45, 7) is 4.68. The molecule has 0 spiro atoms. The van der Waals surface area contributed by atoms with E-state index < -0.39 is 5.97 Å². The summed E-state index contributed by atoms with van der Waals surface area (Å²) in [5.74, 6) is 4.97. The van der Waals surface area contributed by atoms with Crippen molar-refractivity contribution in [3.63, 3.8) is 0 Å². The van der Waals surface area contributed by atoms with E-state index in [1.807, 2.05) is 6.08 Å². The van der Waals surface area contributed by atoms with E-state index in [0.717, 1.165) is 25.7 Å². The van der Waals surface area contributed by atoms with Crippen LogP contribution in [0.2, 0.25) is 0 Å². The smallest absolute Gasteiger partial charge is 0.384 e. The fourth-order valence-electron chi connectivity index (χ4n) is 1.32. The van der Waals surface area contributed by atoms with Crippen LogP contribution in [0.1, 0.15) is 58.8 Å². The van der Waals surface area contributed by atoms with Crippen molar-refractivity contribution in [3.05, 3.63) is 12.2 Å². The molecule has 0 aliphatic heterocycles. The number of ether oxygens (including phenoxy) is 1. The molecule has 0 aromatic carbocycles. The minimum atomic E-state index is -0.398. The van der Waals surface area contributed by atoms with Gasteiger partial charge < -0.3 is 4.74 Å². The molecular weight excluding hydrogens is 212 g/mol. The average Bonchev–Trinajstić information content (AvgIpc) is 2.33. The predicted molar refractivity (Wildman–Crippen MR) is 71.5 cm³/mol. The number of esters is 1. The van der Waals surface area contributed by atoms with Crippen molar-refractivity contribution in [3.8, 4) is 11.8 Å². The van der Waals surface area contributed by atoms with Gasteiger partial charge in [0.1, 0.15) is 0 Å². The van der Waals surface area contributed by atoms with Gasteiger partial charge in [-0.2, -0.15) is 0 Å². The Kier molecular flexibility index (Phi) is 11.9. The molecule has 17 heavy (non-hydrogen) atoms. The third kappa shape index (κ3) is 12.7. The fourth-order valence-corrected chi connectivity index (χ4v) is 1.32. The Labute approximate surface area is 105 Å². The lowest BCUT2D eigenvalue weighted by Crippen LogP contribution is -2.01. The van der Waals surface area contributed by atoms with Crippen LogP contribution in [-0.4, -0.2) is 12.6 Å². The van der Waals surface area contributed by atoms with E-state index in [2.05, 4.69) is 31.8 Å². The molecule has 2 nitrogen and oxygen atoms in total. The summed E-state index contributed by atoms with van der Waals surface area (Å²) in [5.41, 5.74) is 0. The predicted octanol–water partition coefficient (Wildman–Crippen LogP) is 3.86. The van der Waals surface area contributed by atoms with E-state index in [1.54, 1.807) is 0 Å². The third-order valence-corrected chi connectivity index (χ3v) is 2.27. The van der Waals surface area contributed by atoms with Gasteiger partial charge in [0.2, 0.25) is 0 Å². The van der Waals surface area contributed by atoms with Crippen LogP contribution in [0.4, 0.5) is 0 Å². The number of allylic oxidation sites excluding steroid dienone is 1. The second kappa shape index (κ2) is 12.8. The van der Waals surface area contributed by atoms with Crippen LogP contribution in [0.5, 0.6) is 0 Å². The van der Waals surface area contributed by atoms with Gasteiger partial charge in [-0.1, -0.05) is 51.2 Å². The summed E-state index contributed by atoms with van der Waals surface area (Å²) >= 11 is 0. The van der Waals surface area contributed by atoms with Gasteiger partial charge in [-0.15, -0.1) is 0 Å². The van der Waals surface area contributed by atoms with Crippen LogP contribution < -0.4 is 0 Å². The summed E-state index contributed by atoms with van der Waals surface area (Å²) in [7, 11) is 0. The van der Waals surface area contributed by atoms with Gasteiger partial charge in [-0.25, -0.2) is 4.79 Å². The molecule has 0 heterocycles. The molecule has 0 rings (SSSR count). The van der Waals surface area contributed by atoms with Crippen molar-refractivity contribution in [1.29, 1.82) is 0 Å². The van der Waals surface area contributed by atoms with Crippen LogP contribution in [0.3, 0.4) is 0 Å². The van der Waals surface area contributed by atoms with Gasteiger partial charge >= 0.3 is 5.97 Å². The summed E-state index contributed by atoms with van der Waals surface area (Å²) in [6.07, 6.45) is 11.4. The summed E-state index contributed by atoms with van der Waals surface area (Å²) < 4.78 is 4.95. The lowest BCUT2D eigenvalue weighted by atomic mass is 10.2. The standard InChI is InChI=1S/C15H24O2/c1-3-5-7-9-10-11-13-15(16)17-14-12-8-6-4-2/h6,8H,3-5,7,9-10,12,14H2,1-2H3. The van der Waals surface area contributed by atoms with Gasteiger partial charge in [-0.05, 0) is 19.3 Å². The summed E-state index contributed by atoms with van der Waals surface area (Å²) in [4.78, 5) is 11.1. The highest BCUT2D eigenvalue weighted by Crippen LogP contribution is 2.00. The average molecular weight is 236 g/mol. The molecule has 96 valence electrons. The van der Waals surface area contributed by atoms with E-state index in [0.29, 0.717) is 6.61 Å². The van der Waals surface area contributed by atoms with Gasteiger partial charge in [-0.3, -0.25) is 0 Å². The Morgan fingerprint density at radius 3 is 2.71 bits per heavy atom. The highest BCUT2D eigenvalue weighted by atomic mass is 16.5. The largest absolute Gasteiger partial charge is 0.456 e. The van der Waals surface area contributed by atoms with E-state index >= 15 is 0 Å². The lowest BCUT2D eigenvalue weighted by molar-refractivity contribution is -0.136. The van der Waals surface area contributed by atoms with Gasteiger partial charge in [0.25, 0.3) is 0 Å². The normalized spacial score (nSPS) is 10.0. The zero-order valence-corrected chi connectivity index (χ0v) is 11.1. The summed E-state index contributed by atoms with van der Waals surface area (Å²) in [5, 5.41) is 0. The monoisotopic (exact) mass is 236 g/mol. The maximum absolute atomic E-state index is 11.1. The van der Waals surface area contributed by atoms with Gasteiger partial charge in [0.15, 0.2) is 0 Å². The number of unbranched alkanes of at least 4 members (excludes halogenated alkanes) is 4.